The van der Waals surface area contributed by atoms with Crippen LogP contribution >= 0.6 is 15.9 Å². The van der Waals surface area contributed by atoms with Gasteiger partial charge in [-0.15, -0.1) is 0 Å². The van der Waals surface area contributed by atoms with Gasteiger partial charge < -0.3 is 4.90 Å². The fourth-order valence-corrected chi connectivity index (χ4v) is 5.70. The molecule has 1 saturated heterocycles. The van der Waals surface area contributed by atoms with Crippen LogP contribution in [0.3, 0.4) is 0 Å². The van der Waals surface area contributed by atoms with Gasteiger partial charge in [0.15, 0.2) is 0 Å². The van der Waals surface area contributed by atoms with Crippen LogP contribution in [0, 0.1) is 12.8 Å². The van der Waals surface area contributed by atoms with Gasteiger partial charge in [-0.3, -0.25) is 14.2 Å². The maximum Gasteiger partial charge on any atom is 0.246 e. The summed E-state index contributed by atoms with van der Waals surface area (Å²) in [4.78, 5) is 14.8. The minimum Gasteiger partial charge on any atom is -0.339 e. The molecule has 1 aliphatic heterocycles. The number of sulfonamides is 1. The van der Waals surface area contributed by atoms with Gasteiger partial charge in [-0.2, -0.15) is 14.5 Å². The van der Waals surface area contributed by atoms with Crippen LogP contribution in [-0.4, -0.2) is 63.2 Å². The Morgan fingerprint density at radius 1 is 1.41 bits per heavy atom. The van der Waals surface area contributed by atoms with E-state index in [2.05, 4.69) is 26.1 Å². The number of hydrogen-bond acceptors (Lipinski definition) is 5. The molecule has 11 heteroatoms. The summed E-state index contributed by atoms with van der Waals surface area (Å²) >= 11 is 3.49. The highest BCUT2D eigenvalue weighted by Gasteiger charge is 2.36. The van der Waals surface area contributed by atoms with E-state index in [9.17, 15) is 13.2 Å². The Kier molecular flexibility index (Phi) is 6.49. The highest BCUT2D eigenvalue weighted by molar-refractivity contribution is 9.10. The van der Waals surface area contributed by atoms with Gasteiger partial charge in [0.2, 0.25) is 15.9 Å². The molecule has 9 nitrogen and oxygen atoms in total. The Morgan fingerprint density at radius 3 is 2.72 bits per heavy atom. The highest BCUT2D eigenvalue weighted by Crippen LogP contribution is 2.27. The Hall–Kier alpha value is -1.72. The monoisotopic (exact) mass is 486 g/mol. The number of aryl methyl sites for hydroxylation is 2. The average molecular weight is 487 g/mol. The molecule has 0 aliphatic carbocycles. The summed E-state index contributed by atoms with van der Waals surface area (Å²) in [6, 6.07) is 0. The van der Waals surface area contributed by atoms with Gasteiger partial charge in [0.05, 0.1) is 34.5 Å². The van der Waals surface area contributed by atoms with Crippen molar-refractivity contribution in [2.24, 2.45) is 13.0 Å². The van der Waals surface area contributed by atoms with Crippen molar-refractivity contribution in [3.63, 3.8) is 0 Å². The van der Waals surface area contributed by atoms with Crippen LogP contribution in [0.2, 0.25) is 0 Å². The zero-order chi connectivity index (χ0) is 21.3. The van der Waals surface area contributed by atoms with E-state index in [1.807, 2.05) is 17.8 Å². The Balaban J connectivity index is 1.71. The lowest BCUT2D eigenvalue weighted by molar-refractivity contribution is -0.135. The number of carbonyl (C=O) groups is 1. The maximum absolute atomic E-state index is 13.1. The summed E-state index contributed by atoms with van der Waals surface area (Å²) in [5, 5.41) is 8.51. The smallest absolute Gasteiger partial charge is 0.246 e. The molecular formula is C18H27BrN6O3S. The predicted molar refractivity (Wildman–Crippen MR) is 112 cm³/mol. The van der Waals surface area contributed by atoms with Crippen molar-refractivity contribution in [1.82, 2.24) is 28.8 Å². The van der Waals surface area contributed by atoms with Crippen molar-refractivity contribution in [3.05, 3.63) is 28.3 Å². The lowest BCUT2D eigenvalue weighted by atomic mass is 9.98. The van der Waals surface area contributed by atoms with E-state index in [1.54, 1.807) is 30.6 Å². The highest BCUT2D eigenvalue weighted by atomic mass is 79.9. The van der Waals surface area contributed by atoms with Crippen LogP contribution < -0.4 is 0 Å². The molecule has 0 unspecified atom stereocenters. The molecule has 0 spiro atoms. The standard InChI is InChI=1S/C18H27BrN6O3S/c1-5-24-11-15(19)16(21-24)12-22(3)18(26)14-7-6-8-25(10-14)29(27,28)17-9-20-23(4)13(17)2/h9,11,14H,5-8,10,12H2,1-4H3/t14-/m1/s1. The van der Waals surface area contributed by atoms with Crippen molar-refractivity contribution in [2.75, 3.05) is 20.1 Å². The summed E-state index contributed by atoms with van der Waals surface area (Å²) in [6.07, 6.45) is 4.59. The topological polar surface area (TPSA) is 93.3 Å². The SMILES string of the molecule is CCn1cc(Br)c(CN(C)C(=O)[C@@H]2CCCN(S(=O)(=O)c3cnn(C)c3C)C2)n1. The van der Waals surface area contributed by atoms with E-state index in [4.69, 9.17) is 0 Å². The van der Waals surface area contributed by atoms with Gasteiger partial charge in [-0.05, 0) is 42.6 Å². The third-order valence-electron chi connectivity index (χ3n) is 5.42. The summed E-state index contributed by atoms with van der Waals surface area (Å²) in [5.74, 6) is -0.432. The van der Waals surface area contributed by atoms with E-state index >= 15 is 0 Å². The summed E-state index contributed by atoms with van der Waals surface area (Å²) < 4.78 is 31.7. The second kappa shape index (κ2) is 8.57. The van der Waals surface area contributed by atoms with Gasteiger partial charge in [0, 0.05) is 39.9 Å². The molecule has 1 fully saturated rings. The average Bonchev–Trinajstić information content (AvgIpc) is 3.23. The van der Waals surface area contributed by atoms with E-state index in [1.165, 1.54) is 10.5 Å². The van der Waals surface area contributed by atoms with Crippen LogP contribution in [0.25, 0.3) is 0 Å². The maximum atomic E-state index is 13.1. The van der Waals surface area contributed by atoms with E-state index in [0.717, 1.165) is 16.7 Å². The molecule has 29 heavy (non-hydrogen) atoms. The second-order valence-electron chi connectivity index (χ2n) is 7.39. The third-order valence-corrected chi connectivity index (χ3v) is 8.05. The number of piperidine rings is 1. The normalized spacial score (nSPS) is 18.2. The van der Waals surface area contributed by atoms with Crippen LogP contribution in [0.1, 0.15) is 31.2 Å². The Bertz CT molecular complexity index is 999. The van der Waals surface area contributed by atoms with E-state index in [0.29, 0.717) is 31.6 Å². The molecule has 1 aliphatic rings. The number of rotatable bonds is 6. The number of nitrogens with zero attached hydrogens (tertiary/aromatic N) is 6. The number of carbonyl (C=O) groups excluding carboxylic acids is 1. The van der Waals surface area contributed by atoms with Crippen molar-refractivity contribution >= 4 is 31.9 Å². The van der Waals surface area contributed by atoms with Crippen LogP contribution in [0.15, 0.2) is 21.8 Å². The van der Waals surface area contributed by atoms with E-state index < -0.39 is 10.0 Å². The summed E-state index contributed by atoms with van der Waals surface area (Å²) in [5.41, 5.74) is 1.38. The van der Waals surface area contributed by atoms with Gasteiger partial charge >= 0.3 is 0 Å². The van der Waals surface area contributed by atoms with Crippen molar-refractivity contribution < 1.29 is 13.2 Å². The molecular weight excluding hydrogens is 460 g/mol. The molecule has 0 saturated carbocycles. The molecule has 0 N–H and O–H groups in total. The van der Waals surface area contributed by atoms with Gasteiger partial charge in [-0.1, -0.05) is 0 Å². The first-order chi connectivity index (χ1) is 13.6. The van der Waals surface area contributed by atoms with Gasteiger partial charge in [0.25, 0.3) is 0 Å². The Labute approximate surface area is 179 Å². The largest absolute Gasteiger partial charge is 0.339 e. The minimum atomic E-state index is -3.67. The molecule has 1 amide bonds. The van der Waals surface area contributed by atoms with Crippen molar-refractivity contribution in [1.29, 1.82) is 0 Å². The minimum absolute atomic E-state index is 0.0641. The number of aromatic nitrogens is 4. The molecule has 3 heterocycles. The molecule has 0 radical (unpaired) electrons. The first-order valence-electron chi connectivity index (χ1n) is 9.60. The summed E-state index contributed by atoms with van der Waals surface area (Å²) in [7, 11) is -0.227. The first-order valence-corrected chi connectivity index (χ1v) is 11.8. The number of halogens is 1. The van der Waals surface area contributed by atoms with Crippen LogP contribution in [-0.2, 0) is 35.0 Å². The molecule has 160 valence electrons. The van der Waals surface area contributed by atoms with Crippen molar-refractivity contribution in [2.45, 2.75) is 44.7 Å². The zero-order valence-electron chi connectivity index (χ0n) is 17.2. The van der Waals surface area contributed by atoms with Crippen LogP contribution in [0.5, 0.6) is 0 Å². The van der Waals surface area contributed by atoms with Crippen molar-refractivity contribution in [3.8, 4) is 0 Å². The molecule has 1 atom stereocenters. The molecule has 0 aromatic carbocycles. The Morgan fingerprint density at radius 2 is 2.14 bits per heavy atom. The first kappa shape index (κ1) is 22.0. The van der Waals surface area contributed by atoms with Crippen LogP contribution in [0.4, 0.5) is 0 Å². The third kappa shape index (κ3) is 4.41. The predicted octanol–water partition coefficient (Wildman–Crippen LogP) is 1.77. The van der Waals surface area contributed by atoms with Gasteiger partial charge in [0.1, 0.15) is 4.90 Å². The van der Waals surface area contributed by atoms with Gasteiger partial charge in [-0.25, -0.2) is 8.42 Å². The molecule has 3 rings (SSSR count). The zero-order valence-corrected chi connectivity index (χ0v) is 19.6. The summed E-state index contributed by atoms with van der Waals surface area (Å²) in [6.45, 7) is 5.45. The molecule has 0 bridgehead atoms. The lowest BCUT2D eigenvalue weighted by Crippen LogP contribution is -2.45. The second-order valence-corrected chi connectivity index (χ2v) is 10.2. The number of hydrogen-bond donors (Lipinski definition) is 0. The fourth-order valence-electron chi connectivity index (χ4n) is 3.55. The quantitative estimate of drug-likeness (QED) is 0.619. The molecule has 2 aromatic rings. The number of amides is 1. The van der Waals surface area contributed by atoms with E-state index in [-0.39, 0.29) is 23.3 Å². The molecule has 2 aromatic heterocycles. The fraction of sp³-hybridized carbons (Fsp3) is 0.611. The lowest BCUT2D eigenvalue weighted by Gasteiger charge is -2.33.